The number of benzene rings is 1. The summed E-state index contributed by atoms with van der Waals surface area (Å²) in [7, 11) is 3.62. The minimum absolute atomic E-state index is 0. The SMILES string of the molecule is C.COC(=O)C1CC2CCCCC2C1NC(=O)CN1CCC(N(C)c2ccccc2)CC1. The summed E-state index contributed by atoms with van der Waals surface area (Å²) in [5.41, 5.74) is 1.25. The number of ether oxygens (including phenoxy) is 1. The number of nitrogens with one attached hydrogen (secondary N) is 1. The lowest BCUT2D eigenvalue weighted by atomic mass is 9.80. The Morgan fingerprint density at radius 2 is 1.78 bits per heavy atom. The lowest BCUT2D eigenvalue weighted by Gasteiger charge is -2.38. The van der Waals surface area contributed by atoms with E-state index < -0.39 is 0 Å². The summed E-state index contributed by atoms with van der Waals surface area (Å²) in [6.45, 7) is 2.27. The topological polar surface area (TPSA) is 61.9 Å². The van der Waals surface area contributed by atoms with Gasteiger partial charge in [0.25, 0.3) is 0 Å². The number of likely N-dealkylation sites (tertiary alicyclic amines) is 1. The molecule has 1 saturated heterocycles. The Kier molecular flexibility index (Phi) is 8.57. The van der Waals surface area contributed by atoms with Crippen LogP contribution >= 0.6 is 0 Å². The number of rotatable bonds is 6. The first-order valence-corrected chi connectivity index (χ1v) is 11.9. The standard InChI is InChI=1S/C25H37N3O3.CH4/c1-27(19-9-4-3-5-10-19)20-12-14-28(15-13-20)17-23(29)26-24-21-11-7-6-8-18(21)16-22(24)25(30)31-2;/h3-5,9-10,18,20-22,24H,6-8,11-17H2,1-2H3,(H,26,29);1H4. The highest BCUT2D eigenvalue weighted by atomic mass is 16.5. The fraction of sp³-hybridized carbons (Fsp3) is 0.692. The Balaban J connectivity index is 0.00000289. The first-order chi connectivity index (χ1) is 15.1. The number of fused-ring (bicyclic) bond motifs is 1. The van der Waals surface area contributed by atoms with E-state index >= 15 is 0 Å². The van der Waals surface area contributed by atoms with Gasteiger partial charge in [-0.05, 0) is 49.7 Å². The molecule has 4 unspecified atom stereocenters. The lowest BCUT2D eigenvalue weighted by molar-refractivity contribution is -0.146. The molecule has 4 rings (SSSR count). The van der Waals surface area contributed by atoms with E-state index in [2.05, 4.69) is 46.4 Å². The molecule has 1 amide bonds. The number of hydrogen-bond acceptors (Lipinski definition) is 5. The van der Waals surface area contributed by atoms with E-state index in [1.807, 2.05) is 6.07 Å². The van der Waals surface area contributed by atoms with Crippen molar-refractivity contribution >= 4 is 17.6 Å². The van der Waals surface area contributed by atoms with Gasteiger partial charge in [0.05, 0.1) is 19.6 Å². The fourth-order valence-electron chi connectivity index (χ4n) is 6.15. The Morgan fingerprint density at radius 1 is 1.09 bits per heavy atom. The van der Waals surface area contributed by atoms with Crippen molar-refractivity contribution in [1.82, 2.24) is 10.2 Å². The summed E-state index contributed by atoms with van der Waals surface area (Å²) in [4.78, 5) is 29.9. The highest BCUT2D eigenvalue weighted by molar-refractivity contribution is 5.80. The molecule has 2 saturated carbocycles. The van der Waals surface area contributed by atoms with E-state index in [0.29, 0.717) is 24.4 Å². The predicted molar refractivity (Wildman–Crippen MR) is 129 cm³/mol. The Hall–Kier alpha value is -2.08. The number of piperidine rings is 1. The second kappa shape index (κ2) is 11.2. The molecule has 1 aromatic rings. The van der Waals surface area contributed by atoms with Crippen LogP contribution in [-0.2, 0) is 14.3 Å². The van der Waals surface area contributed by atoms with Crippen LogP contribution in [0.3, 0.4) is 0 Å². The smallest absolute Gasteiger partial charge is 0.310 e. The molecular formula is C26H41N3O3. The summed E-state index contributed by atoms with van der Waals surface area (Å²) >= 11 is 0. The van der Waals surface area contributed by atoms with Crippen molar-refractivity contribution in [3.63, 3.8) is 0 Å². The lowest BCUT2D eigenvalue weighted by Crippen LogP contribution is -2.50. The van der Waals surface area contributed by atoms with Gasteiger partial charge in [0, 0.05) is 37.9 Å². The minimum Gasteiger partial charge on any atom is -0.469 e. The van der Waals surface area contributed by atoms with E-state index in [1.54, 1.807) is 0 Å². The number of hydrogen-bond donors (Lipinski definition) is 1. The molecule has 1 aromatic carbocycles. The molecule has 1 aliphatic heterocycles. The zero-order valence-electron chi connectivity index (χ0n) is 19.0. The molecule has 0 radical (unpaired) electrons. The summed E-state index contributed by atoms with van der Waals surface area (Å²) in [6, 6.07) is 10.9. The van der Waals surface area contributed by atoms with Crippen LogP contribution in [0.4, 0.5) is 5.69 Å². The monoisotopic (exact) mass is 443 g/mol. The Labute approximate surface area is 193 Å². The van der Waals surface area contributed by atoms with Gasteiger partial charge in [0.15, 0.2) is 0 Å². The number of nitrogens with zero attached hydrogens (tertiary/aromatic N) is 2. The molecule has 3 aliphatic rings. The minimum atomic E-state index is -0.188. The van der Waals surface area contributed by atoms with Crippen LogP contribution < -0.4 is 10.2 Å². The molecule has 1 N–H and O–H groups in total. The van der Waals surface area contributed by atoms with Gasteiger partial charge in [-0.3, -0.25) is 14.5 Å². The molecule has 0 aromatic heterocycles. The van der Waals surface area contributed by atoms with Crippen molar-refractivity contribution < 1.29 is 14.3 Å². The summed E-state index contributed by atoms with van der Waals surface area (Å²) in [5, 5.41) is 3.26. The largest absolute Gasteiger partial charge is 0.469 e. The molecule has 4 atom stereocenters. The molecule has 3 fully saturated rings. The molecule has 6 heteroatoms. The highest BCUT2D eigenvalue weighted by Gasteiger charge is 2.48. The van der Waals surface area contributed by atoms with Crippen molar-refractivity contribution in [2.24, 2.45) is 17.8 Å². The molecule has 178 valence electrons. The predicted octanol–water partition coefficient (Wildman–Crippen LogP) is 3.71. The van der Waals surface area contributed by atoms with Crippen molar-refractivity contribution in [3.05, 3.63) is 30.3 Å². The second-order valence-electron chi connectivity index (χ2n) is 9.62. The van der Waals surface area contributed by atoms with E-state index in [0.717, 1.165) is 38.8 Å². The summed E-state index contributed by atoms with van der Waals surface area (Å²) in [5.74, 6) is 0.677. The molecule has 0 bridgehead atoms. The molecule has 1 heterocycles. The first-order valence-electron chi connectivity index (χ1n) is 11.9. The van der Waals surface area contributed by atoms with Gasteiger partial charge >= 0.3 is 5.97 Å². The Morgan fingerprint density at radius 3 is 2.47 bits per heavy atom. The van der Waals surface area contributed by atoms with Crippen LogP contribution in [0.1, 0.15) is 52.4 Å². The van der Waals surface area contributed by atoms with Crippen molar-refractivity contribution in [1.29, 1.82) is 0 Å². The number of carbonyl (C=O) groups excluding carboxylic acids is 2. The van der Waals surface area contributed by atoms with Crippen LogP contribution in [0, 0.1) is 17.8 Å². The Bertz CT molecular complexity index is 748. The fourth-order valence-corrected chi connectivity index (χ4v) is 6.15. The van der Waals surface area contributed by atoms with Gasteiger partial charge in [0.2, 0.25) is 5.91 Å². The number of esters is 1. The number of anilines is 1. The zero-order valence-corrected chi connectivity index (χ0v) is 19.0. The zero-order chi connectivity index (χ0) is 21.8. The molecule has 0 spiro atoms. The number of para-hydroxylation sites is 1. The molecule has 6 nitrogen and oxygen atoms in total. The number of amides is 1. The van der Waals surface area contributed by atoms with Gasteiger partial charge in [-0.1, -0.05) is 44.9 Å². The van der Waals surface area contributed by atoms with Crippen LogP contribution in [0.25, 0.3) is 0 Å². The number of carbonyl (C=O) groups is 2. The van der Waals surface area contributed by atoms with Gasteiger partial charge in [0.1, 0.15) is 0 Å². The van der Waals surface area contributed by atoms with Crippen molar-refractivity contribution in [2.45, 2.75) is 64.5 Å². The van der Waals surface area contributed by atoms with Crippen LogP contribution in [-0.4, -0.2) is 62.7 Å². The quantitative estimate of drug-likeness (QED) is 0.679. The average molecular weight is 444 g/mol. The third kappa shape index (κ3) is 5.45. The van der Waals surface area contributed by atoms with Crippen molar-refractivity contribution in [2.75, 3.05) is 38.7 Å². The van der Waals surface area contributed by atoms with E-state index in [4.69, 9.17) is 4.74 Å². The maximum atomic E-state index is 12.9. The van der Waals surface area contributed by atoms with Gasteiger partial charge in [-0.15, -0.1) is 0 Å². The molecular weight excluding hydrogens is 402 g/mol. The molecule has 2 aliphatic carbocycles. The number of methoxy groups -OCH3 is 1. The third-order valence-electron chi connectivity index (χ3n) is 7.89. The van der Waals surface area contributed by atoms with E-state index in [-0.39, 0.29) is 31.3 Å². The van der Waals surface area contributed by atoms with E-state index in [1.165, 1.54) is 32.1 Å². The normalized spacial score (nSPS) is 28.3. The van der Waals surface area contributed by atoms with E-state index in [9.17, 15) is 9.59 Å². The van der Waals surface area contributed by atoms with Crippen LogP contribution in [0.5, 0.6) is 0 Å². The van der Waals surface area contributed by atoms with Gasteiger partial charge in [-0.2, -0.15) is 0 Å². The van der Waals surface area contributed by atoms with Crippen LogP contribution in [0.2, 0.25) is 0 Å². The first kappa shape index (κ1) is 24.6. The van der Waals surface area contributed by atoms with Crippen LogP contribution in [0.15, 0.2) is 30.3 Å². The van der Waals surface area contributed by atoms with Crippen molar-refractivity contribution in [3.8, 4) is 0 Å². The maximum absolute atomic E-state index is 12.9. The molecule has 32 heavy (non-hydrogen) atoms. The van der Waals surface area contributed by atoms with Gasteiger partial charge in [-0.25, -0.2) is 0 Å². The van der Waals surface area contributed by atoms with Gasteiger partial charge < -0.3 is 15.0 Å². The maximum Gasteiger partial charge on any atom is 0.310 e. The average Bonchev–Trinajstić information content (AvgIpc) is 3.17. The second-order valence-corrected chi connectivity index (χ2v) is 9.62. The highest BCUT2D eigenvalue weighted by Crippen LogP contribution is 2.45. The summed E-state index contributed by atoms with van der Waals surface area (Å²) in [6.07, 6.45) is 7.69. The summed E-state index contributed by atoms with van der Waals surface area (Å²) < 4.78 is 5.07. The third-order valence-corrected chi connectivity index (χ3v) is 7.89.